The van der Waals surface area contributed by atoms with Crippen molar-refractivity contribution >= 4 is 5.69 Å². The molecule has 17 heavy (non-hydrogen) atoms. The molecule has 2 aliphatic rings. The number of anilines is 1. The van der Waals surface area contributed by atoms with Crippen LogP contribution in [0.25, 0.3) is 0 Å². The van der Waals surface area contributed by atoms with Crippen molar-refractivity contribution in [3.8, 4) is 11.8 Å². The van der Waals surface area contributed by atoms with Crippen molar-refractivity contribution in [1.29, 1.82) is 0 Å². The molecule has 1 aromatic heterocycles. The van der Waals surface area contributed by atoms with E-state index in [1.807, 2.05) is 0 Å². The molecule has 0 aromatic carbocycles. The van der Waals surface area contributed by atoms with E-state index in [1.54, 1.807) is 12.1 Å². The Morgan fingerprint density at radius 1 is 1.35 bits per heavy atom. The second-order valence-electron chi connectivity index (χ2n) is 4.58. The number of pyridine rings is 1. The summed E-state index contributed by atoms with van der Waals surface area (Å²) in [6, 6.07) is 3.53. The molecule has 5 heteroatoms. The van der Waals surface area contributed by atoms with Gasteiger partial charge in [-0.25, -0.2) is 0 Å². The number of nitrogens with zero attached hydrogens (tertiary/aromatic N) is 1. The maximum atomic E-state index is 5.81. The topological polar surface area (TPSA) is 66.6 Å². The first-order valence-electron chi connectivity index (χ1n) is 5.95. The Hall–Kier alpha value is -1.49. The largest absolute Gasteiger partial charge is 0.476 e. The molecule has 0 atom stereocenters. The minimum absolute atomic E-state index is 0.113. The van der Waals surface area contributed by atoms with Crippen LogP contribution >= 0.6 is 0 Å². The molecule has 0 radical (unpaired) electrons. The van der Waals surface area contributed by atoms with Crippen molar-refractivity contribution in [2.24, 2.45) is 5.92 Å². The van der Waals surface area contributed by atoms with Crippen LogP contribution in [0.5, 0.6) is 11.8 Å². The van der Waals surface area contributed by atoms with Crippen LogP contribution in [0.1, 0.15) is 12.8 Å². The number of hydrogen-bond donors (Lipinski definition) is 1. The highest BCUT2D eigenvalue weighted by Crippen LogP contribution is 2.31. The van der Waals surface area contributed by atoms with E-state index in [-0.39, 0.29) is 6.10 Å². The summed E-state index contributed by atoms with van der Waals surface area (Å²) in [6.07, 6.45) is 2.60. The van der Waals surface area contributed by atoms with Crippen molar-refractivity contribution in [3.63, 3.8) is 0 Å². The predicted octanol–water partition coefficient (Wildman–Crippen LogP) is 1.23. The molecular formula is C12H16N2O3. The first kappa shape index (κ1) is 10.7. The SMILES string of the molecule is Nc1ccc(OC2COC2)nc1OCC1CC1. The summed E-state index contributed by atoms with van der Waals surface area (Å²) in [4.78, 5) is 4.27. The van der Waals surface area contributed by atoms with Gasteiger partial charge in [0, 0.05) is 6.07 Å². The lowest BCUT2D eigenvalue weighted by molar-refractivity contribution is -0.0814. The zero-order valence-corrected chi connectivity index (χ0v) is 9.59. The zero-order chi connectivity index (χ0) is 11.7. The molecule has 92 valence electrons. The molecule has 1 aliphatic heterocycles. The molecule has 3 rings (SSSR count). The third-order valence-corrected chi connectivity index (χ3v) is 2.91. The van der Waals surface area contributed by atoms with E-state index in [1.165, 1.54) is 12.8 Å². The van der Waals surface area contributed by atoms with Gasteiger partial charge in [0.05, 0.1) is 25.5 Å². The molecule has 5 nitrogen and oxygen atoms in total. The molecule has 1 aromatic rings. The highest BCUT2D eigenvalue weighted by molar-refractivity contribution is 5.49. The van der Waals surface area contributed by atoms with Crippen molar-refractivity contribution in [3.05, 3.63) is 12.1 Å². The zero-order valence-electron chi connectivity index (χ0n) is 9.59. The molecular weight excluding hydrogens is 220 g/mol. The van der Waals surface area contributed by atoms with E-state index in [0.717, 1.165) is 0 Å². The van der Waals surface area contributed by atoms with Crippen LogP contribution in [0.15, 0.2) is 12.1 Å². The molecule has 1 saturated carbocycles. The third kappa shape index (κ3) is 2.61. The van der Waals surface area contributed by atoms with Crippen LogP contribution in [0, 0.1) is 5.92 Å². The molecule has 2 heterocycles. The number of ether oxygens (including phenoxy) is 3. The molecule has 0 amide bonds. The smallest absolute Gasteiger partial charge is 0.240 e. The van der Waals surface area contributed by atoms with Crippen LogP contribution in [-0.2, 0) is 4.74 Å². The summed E-state index contributed by atoms with van der Waals surface area (Å²) in [6.45, 7) is 1.96. The average Bonchev–Trinajstić information content (AvgIpc) is 3.07. The van der Waals surface area contributed by atoms with Gasteiger partial charge in [0.25, 0.3) is 0 Å². The van der Waals surface area contributed by atoms with Crippen molar-refractivity contribution in [2.75, 3.05) is 25.6 Å². The quantitative estimate of drug-likeness (QED) is 0.832. The van der Waals surface area contributed by atoms with Crippen LogP contribution in [0.4, 0.5) is 5.69 Å². The van der Waals surface area contributed by atoms with Crippen molar-refractivity contribution in [1.82, 2.24) is 4.98 Å². The Labute approximate surface area is 99.9 Å². The second-order valence-corrected chi connectivity index (χ2v) is 4.58. The second kappa shape index (κ2) is 4.41. The summed E-state index contributed by atoms with van der Waals surface area (Å²) >= 11 is 0. The molecule has 1 aliphatic carbocycles. The maximum absolute atomic E-state index is 5.81. The van der Waals surface area contributed by atoms with Crippen LogP contribution in [0.2, 0.25) is 0 Å². The van der Waals surface area contributed by atoms with Crippen molar-refractivity contribution < 1.29 is 14.2 Å². The number of aromatic nitrogens is 1. The van der Waals surface area contributed by atoms with E-state index in [4.69, 9.17) is 19.9 Å². The standard InChI is InChI=1S/C12H16N2O3/c13-10-3-4-11(17-9-6-15-7-9)14-12(10)16-5-8-1-2-8/h3-4,8-9H,1-2,5-7,13H2. The maximum Gasteiger partial charge on any atom is 0.240 e. The Bertz CT molecular complexity index is 403. The lowest BCUT2D eigenvalue weighted by Gasteiger charge is -2.26. The number of rotatable bonds is 5. The minimum Gasteiger partial charge on any atom is -0.476 e. The normalized spacial score (nSPS) is 19.8. The fourth-order valence-electron chi connectivity index (χ4n) is 1.55. The lowest BCUT2D eigenvalue weighted by Crippen LogP contribution is -2.38. The molecule has 2 fully saturated rings. The van der Waals surface area contributed by atoms with Gasteiger partial charge in [-0.2, -0.15) is 4.98 Å². The first-order valence-corrected chi connectivity index (χ1v) is 5.95. The van der Waals surface area contributed by atoms with Gasteiger partial charge in [-0.1, -0.05) is 0 Å². The Kier molecular flexibility index (Phi) is 2.76. The molecule has 2 N–H and O–H groups in total. The van der Waals surface area contributed by atoms with Crippen LogP contribution < -0.4 is 15.2 Å². The van der Waals surface area contributed by atoms with E-state index in [0.29, 0.717) is 43.2 Å². The molecule has 0 bridgehead atoms. The lowest BCUT2D eigenvalue weighted by atomic mass is 10.3. The van der Waals surface area contributed by atoms with Gasteiger partial charge in [-0.05, 0) is 24.8 Å². The van der Waals surface area contributed by atoms with E-state index >= 15 is 0 Å². The highest BCUT2D eigenvalue weighted by Gasteiger charge is 2.23. The fraction of sp³-hybridized carbons (Fsp3) is 0.583. The average molecular weight is 236 g/mol. The molecule has 0 spiro atoms. The third-order valence-electron chi connectivity index (χ3n) is 2.91. The number of hydrogen-bond acceptors (Lipinski definition) is 5. The van der Waals surface area contributed by atoms with E-state index in [2.05, 4.69) is 4.98 Å². The van der Waals surface area contributed by atoms with Gasteiger partial charge < -0.3 is 19.9 Å². The summed E-state index contributed by atoms with van der Waals surface area (Å²) in [5.74, 6) is 1.72. The van der Waals surface area contributed by atoms with Gasteiger partial charge >= 0.3 is 0 Å². The summed E-state index contributed by atoms with van der Waals surface area (Å²) in [5.41, 5.74) is 6.36. The van der Waals surface area contributed by atoms with Gasteiger partial charge in [-0.3, -0.25) is 0 Å². The van der Waals surface area contributed by atoms with E-state index in [9.17, 15) is 0 Å². The van der Waals surface area contributed by atoms with Gasteiger partial charge in [0.2, 0.25) is 11.8 Å². The highest BCUT2D eigenvalue weighted by atomic mass is 16.6. The van der Waals surface area contributed by atoms with Crippen LogP contribution in [0.3, 0.4) is 0 Å². The minimum atomic E-state index is 0.113. The number of nitrogen functional groups attached to an aromatic ring is 1. The molecule has 0 unspecified atom stereocenters. The monoisotopic (exact) mass is 236 g/mol. The van der Waals surface area contributed by atoms with Crippen LogP contribution in [-0.4, -0.2) is 30.9 Å². The predicted molar refractivity (Wildman–Crippen MR) is 62.1 cm³/mol. The summed E-state index contributed by atoms with van der Waals surface area (Å²) in [7, 11) is 0. The summed E-state index contributed by atoms with van der Waals surface area (Å²) in [5, 5.41) is 0. The molecule has 1 saturated heterocycles. The first-order chi connectivity index (χ1) is 8.31. The Balaban J connectivity index is 1.64. The van der Waals surface area contributed by atoms with Gasteiger partial charge in [-0.15, -0.1) is 0 Å². The van der Waals surface area contributed by atoms with Gasteiger partial charge in [0.15, 0.2) is 0 Å². The number of nitrogens with two attached hydrogens (primary N) is 1. The fourth-order valence-corrected chi connectivity index (χ4v) is 1.55. The van der Waals surface area contributed by atoms with Gasteiger partial charge in [0.1, 0.15) is 6.10 Å². The Morgan fingerprint density at radius 2 is 2.18 bits per heavy atom. The van der Waals surface area contributed by atoms with Crippen molar-refractivity contribution in [2.45, 2.75) is 18.9 Å². The summed E-state index contributed by atoms with van der Waals surface area (Å²) < 4.78 is 16.2. The van der Waals surface area contributed by atoms with E-state index < -0.39 is 0 Å². The Morgan fingerprint density at radius 3 is 2.82 bits per heavy atom.